The van der Waals surface area contributed by atoms with E-state index in [1.807, 2.05) is 6.07 Å². The van der Waals surface area contributed by atoms with Gasteiger partial charge in [-0.15, -0.1) is 0 Å². The topological polar surface area (TPSA) is 93.2 Å². The summed E-state index contributed by atoms with van der Waals surface area (Å²) in [5, 5.41) is 0. The third-order valence-electron chi connectivity index (χ3n) is 4.77. The van der Waals surface area contributed by atoms with Crippen molar-refractivity contribution in [2.75, 3.05) is 44.4 Å². The molecule has 1 saturated heterocycles. The van der Waals surface area contributed by atoms with Crippen molar-refractivity contribution >= 4 is 27.6 Å². The number of benzene rings is 2. The number of esters is 1. The number of ether oxygens (including phenoxy) is 2. The zero-order valence-corrected chi connectivity index (χ0v) is 17.8. The third kappa shape index (κ3) is 5.27. The highest BCUT2D eigenvalue weighted by Gasteiger charge is 2.30. The lowest BCUT2D eigenvalue weighted by atomic mass is 10.2. The van der Waals surface area contributed by atoms with Gasteiger partial charge in [0, 0.05) is 25.3 Å². The molecule has 0 atom stereocenters. The molecule has 2 aromatic rings. The van der Waals surface area contributed by atoms with Crippen molar-refractivity contribution in [3.63, 3.8) is 0 Å². The number of carbonyl (C=O) groups is 2. The molecule has 1 heterocycles. The Hall–Kier alpha value is -2.82. The summed E-state index contributed by atoms with van der Waals surface area (Å²) in [5.41, 5.74) is 0.496. The molecule has 3 rings (SSSR count). The first-order valence-corrected chi connectivity index (χ1v) is 11.2. The lowest BCUT2D eigenvalue weighted by molar-refractivity contribution is -0.121. The molecule has 31 heavy (non-hydrogen) atoms. The average molecular weight is 450 g/mol. The molecule has 1 aliphatic rings. The molecule has 0 aromatic heterocycles. The second-order valence-corrected chi connectivity index (χ2v) is 8.62. The second-order valence-electron chi connectivity index (χ2n) is 6.71. The quantitative estimate of drug-likeness (QED) is 0.600. The van der Waals surface area contributed by atoms with Gasteiger partial charge < -0.3 is 14.4 Å². The maximum Gasteiger partial charge on any atom is 0.338 e. The van der Waals surface area contributed by atoms with Gasteiger partial charge in [0.05, 0.1) is 18.8 Å². The molecule has 2 aromatic carbocycles. The molecule has 0 aliphatic carbocycles. The van der Waals surface area contributed by atoms with Crippen LogP contribution in [-0.2, 0) is 24.3 Å². The Morgan fingerprint density at radius 3 is 2.45 bits per heavy atom. The summed E-state index contributed by atoms with van der Waals surface area (Å²) in [6, 6.07) is 11.8. The van der Waals surface area contributed by atoms with Gasteiger partial charge in [-0.1, -0.05) is 18.2 Å². The van der Waals surface area contributed by atoms with Gasteiger partial charge in [0.1, 0.15) is 10.7 Å². The van der Waals surface area contributed by atoms with Gasteiger partial charge in [0.15, 0.2) is 6.61 Å². The van der Waals surface area contributed by atoms with Gasteiger partial charge in [-0.05, 0) is 37.3 Å². The van der Waals surface area contributed by atoms with Crippen LogP contribution in [0.1, 0.15) is 17.3 Å². The van der Waals surface area contributed by atoms with Gasteiger partial charge in [0.25, 0.3) is 5.91 Å². The standard InChI is InChI=1S/C21H23FN2O6S/c1-2-24(17-6-4-3-5-7-17)20(25)15-30-21(26)16-8-9-18(22)19(14-16)31(27,28)23-10-12-29-13-11-23/h3-9,14H,2,10-13,15H2,1H3. The molecule has 0 bridgehead atoms. The van der Waals surface area contributed by atoms with E-state index >= 15 is 0 Å². The SMILES string of the molecule is CCN(C(=O)COC(=O)c1ccc(F)c(S(=O)(=O)N2CCOCC2)c1)c1ccccc1. The van der Waals surface area contributed by atoms with Crippen LogP contribution in [0.15, 0.2) is 53.4 Å². The Bertz CT molecular complexity index is 1040. The van der Waals surface area contributed by atoms with Crippen LogP contribution in [0.4, 0.5) is 10.1 Å². The Balaban J connectivity index is 1.72. The van der Waals surface area contributed by atoms with Gasteiger partial charge in [0.2, 0.25) is 10.0 Å². The van der Waals surface area contributed by atoms with Gasteiger partial charge >= 0.3 is 5.97 Å². The zero-order valence-electron chi connectivity index (χ0n) is 17.0. The smallest absolute Gasteiger partial charge is 0.338 e. The van der Waals surface area contributed by atoms with Crippen molar-refractivity contribution in [3.8, 4) is 0 Å². The Kier molecular flexibility index (Phi) is 7.37. The molecule has 1 aliphatic heterocycles. The van der Waals surface area contributed by atoms with Crippen molar-refractivity contribution < 1.29 is 31.9 Å². The minimum absolute atomic E-state index is 0.0945. The highest BCUT2D eigenvalue weighted by atomic mass is 32.2. The fraction of sp³-hybridized carbons (Fsp3) is 0.333. The third-order valence-corrected chi connectivity index (χ3v) is 6.68. The lowest BCUT2D eigenvalue weighted by Crippen LogP contribution is -2.41. The maximum absolute atomic E-state index is 14.3. The zero-order chi connectivity index (χ0) is 22.4. The van der Waals surface area contributed by atoms with E-state index in [9.17, 15) is 22.4 Å². The van der Waals surface area contributed by atoms with Crippen molar-refractivity contribution in [3.05, 3.63) is 59.9 Å². The number of para-hydroxylation sites is 1. The summed E-state index contributed by atoms with van der Waals surface area (Å²) in [5.74, 6) is -2.33. The first-order valence-electron chi connectivity index (χ1n) is 9.74. The molecular formula is C21H23FN2O6S. The second kappa shape index (κ2) is 9.99. The summed E-state index contributed by atoms with van der Waals surface area (Å²) >= 11 is 0. The molecule has 0 spiro atoms. The number of halogens is 1. The Morgan fingerprint density at radius 1 is 1.13 bits per heavy atom. The first-order chi connectivity index (χ1) is 14.8. The fourth-order valence-electron chi connectivity index (χ4n) is 3.15. The molecule has 1 amide bonds. The van der Waals surface area contributed by atoms with E-state index in [2.05, 4.69) is 0 Å². The summed E-state index contributed by atoms with van der Waals surface area (Å²) in [4.78, 5) is 25.7. The van der Waals surface area contributed by atoms with E-state index in [0.717, 1.165) is 22.5 Å². The predicted octanol–water partition coefficient (Wildman–Crippen LogP) is 2.06. The highest BCUT2D eigenvalue weighted by Crippen LogP contribution is 2.22. The van der Waals surface area contributed by atoms with Crippen LogP contribution in [-0.4, -0.2) is 64.1 Å². The predicted molar refractivity (Wildman–Crippen MR) is 111 cm³/mol. The van der Waals surface area contributed by atoms with Crippen LogP contribution < -0.4 is 4.90 Å². The summed E-state index contributed by atoms with van der Waals surface area (Å²) in [6.07, 6.45) is 0. The van der Waals surface area contributed by atoms with Crippen LogP contribution >= 0.6 is 0 Å². The van der Waals surface area contributed by atoms with Gasteiger partial charge in [-0.25, -0.2) is 17.6 Å². The van der Waals surface area contributed by atoms with Crippen LogP contribution in [0, 0.1) is 5.82 Å². The van der Waals surface area contributed by atoms with Crippen LogP contribution in [0.5, 0.6) is 0 Å². The Labute approximate surface area is 180 Å². The number of hydrogen-bond donors (Lipinski definition) is 0. The lowest BCUT2D eigenvalue weighted by Gasteiger charge is -2.26. The highest BCUT2D eigenvalue weighted by molar-refractivity contribution is 7.89. The molecule has 1 fully saturated rings. The fourth-order valence-corrected chi connectivity index (χ4v) is 4.65. The van der Waals surface area contributed by atoms with E-state index < -0.39 is 39.2 Å². The summed E-state index contributed by atoms with van der Waals surface area (Å²) in [6.45, 7) is 2.23. The van der Waals surface area contributed by atoms with Gasteiger partial charge in [-0.2, -0.15) is 4.31 Å². The molecule has 166 valence electrons. The molecule has 0 unspecified atom stereocenters. The molecule has 8 nitrogen and oxygen atoms in total. The van der Waals surface area contributed by atoms with Crippen LogP contribution in [0.25, 0.3) is 0 Å². The number of carbonyl (C=O) groups excluding carboxylic acids is 2. The number of nitrogens with zero attached hydrogens (tertiary/aromatic N) is 2. The van der Waals surface area contributed by atoms with Crippen LogP contribution in [0.2, 0.25) is 0 Å². The number of hydrogen-bond acceptors (Lipinski definition) is 6. The maximum atomic E-state index is 14.3. The number of morpholine rings is 1. The first kappa shape index (κ1) is 22.9. The molecular weight excluding hydrogens is 427 g/mol. The molecule has 0 saturated carbocycles. The normalized spacial score (nSPS) is 14.8. The minimum Gasteiger partial charge on any atom is -0.452 e. The van der Waals surface area contributed by atoms with Crippen molar-refractivity contribution in [2.24, 2.45) is 0 Å². The van der Waals surface area contributed by atoms with Crippen molar-refractivity contribution in [2.45, 2.75) is 11.8 Å². The number of rotatable bonds is 7. The summed E-state index contributed by atoms with van der Waals surface area (Å²) < 4.78 is 51.1. The van der Waals surface area contributed by atoms with E-state index in [1.54, 1.807) is 31.2 Å². The summed E-state index contributed by atoms with van der Waals surface area (Å²) in [7, 11) is -4.14. The van der Waals surface area contributed by atoms with Gasteiger partial charge in [-0.3, -0.25) is 4.79 Å². The monoisotopic (exact) mass is 450 g/mol. The van der Waals surface area contributed by atoms with E-state index in [1.165, 1.54) is 4.90 Å². The van der Waals surface area contributed by atoms with E-state index in [-0.39, 0.29) is 31.9 Å². The van der Waals surface area contributed by atoms with E-state index in [4.69, 9.17) is 9.47 Å². The molecule has 10 heteroatoms. The number of anilines is 1. The molecule has 0 radical (unpaired) electrons. The number of likely N-dealkylation sites (N-methyl/N-ethyl adjacent to an activating group) is 1. The number of sulfonamides is 1. The average Bonchev–Trinajstić information content (AvgIpc) is 2.79. The van der Waals surface area contributed by atoms with Crippen molar-refractivity contribution in [1.29, 1.82) is 0 Å². The van der Waals surface area contributed by atoms with E-state index in [0.29, 0.717) is 12.2 Å². The largest absolute Gasteiger partial charge is 0.452 e. The van der Waals surface area contributed by atoms with Crippen LogP contribution in [0.3, 0.4) is 0 Å². The Morgan fingerprint density at radius 2 is 1.81 bits per heavy atom. The molecule has 0 N–H and O–H groups in total. The van der Waals surface area contributed by atoms with Crippen molar-refractivity contribution in [1.82, 2.24) is 4.31 Å². The minimum atomic E-state index is -4.14. The number of amides is 1.